The second-order valence-corrected chi connectivity index (χ2v) is 10.4. The molecule has 8 heteroatoms. The van der Waals surface area contributed by atoms with Crippen molar-refractivity contribution < 1.29 is 9.53 Å². The van der Waals surface area contributed by atoms with E-state index in [1.54, 1.807) is 0 Å². The van der Waals surface area contributed by atoms with Crippen LogP contribution in [0.15, 0.2) is 30.5 Å². The first kappa shape index (κ1) is 23.1. The van der Waals surface area contributed by atoms with Gasteiger partial charge in [0.15, 0.2) is 0 Å². The molecule has 5 rings (SSSR count). The zero-order valence-corrected chi connectivity index (χ0v) is 20.5. The summed E-state index contributed by atoms with van der Waals surface area (Å²) in [5.74, 6) is 0.645. The molecule has 2 amide bonds. The molecule has 0 spiro atoms. The Balaban J connectivity index is 1.19. The van der Waals surface area contributed by atoms with Crippen LogP contribution in [0, 0.1) is 6.92 Å². The maximum absolute atomic E-state index is 13.3. The number of hydrogen-bond donors (Lipinski definition) is 2. The van der Waals surface area contributed by atoms with Crippen molar-refractivity contribution in [2.75, 3.05) is 31.6 Å². The predicted molar refractivity (Wildman–Crippen MR) is 131 cm³/mol. The number of ether oxygens (including phenoxy) is 1. The SMILES string of the molecule is Cc1cccc(CN2CC[C@@H](NC(=O)N3Cc4nc(NC5CCOCC5)ncc4C3(C)C)C2)c1. The van der Waals surface area contributed by atoms with E-state index in [2.05, 4.69) is 65.6 Å². The highest BCUT2D eigenvalue weighted by Gasteiger charge is 2.42. The van der Waals surface area contributed by atoms with Gasteiger partial charge in [-0.2, -0.15) is 0 Å². The first-order valence-corrected chi connectivity index (χ1v) is 12.5. The van der Waals surface area contributed by atoms with Gasteiger partial charge in [-0.1, -0.05) is 29.8 Å². The first-order chi connectivity index (χ1) is 16.4. The minimum Gasteiger partial charge on any atom is -0.381 e. The third-order valence-electron chi connectivity index (χ3n) is 7.40. The van der Waals surface area contributed by atoms with Crippen LogP contribution in [0.25, 0.3) is 0 Å². The van der Waals surface area contributed by atoms with Gasteiger partial charge >= 0.3 is 6.03 Å². The summed E-state index contributed by atoms with van der Waals surface area (Å²) in [5.41, 5.74) is 4.11. The van der Waals surface area contributed by atoms with E-state index < -0.39 is 5.54 Å². The van der Waals surface area contributed by atoms with Crippen molar-refractivity contribution in [1.29, 1.82) is 0 Å². The molecule has 0 saturated carbocycles. The average Bonchev–Trinajstić information content (AvgIpc) is 3.35. The molecule has 182 valence electrons. The maximum Gasteiger partial charge on any atom is 0.318 e. The van der Waals surface area contributed by atoms with Crippen LogP contribution in [0.1, 0.15) is 55.5 Å². The van der Waals surface area contributed by atoms with E-state index in [1.807, 2.05) is 11.1 Å². The molecule has 2 saturated heterocycles. The van der Waals surface area contributed by atoms with Crippen LogP contribution in [-0.2, 0) is 23.4 Å². The Kier molecular flexibility index (Phi) is 6.44. The minimum atomic E-state index is -0.448. The number of aromatic nitrogens is 2. The lowest BCUT2D eigenvalue weighted by Gasteiger charge is -2.33. The summed E-state index contributed by atoms with van der Waals surface area (Å²) in [7, 11) is 0. The van der Waals surface area contributed by atoms with Crippen LogP contribution >= 0.6 is 0 Å². The number of amides is 2. The Morgan fingerprint density at radius 1 is 1.21 bits per heavy atom. The topological polar surface area (TPSA) is 82.6 Å². The van der Waals surface area contributed by atoms with Crippen LogP contribution in [0.3, 0.4) is 0 Å². The Hall–Kier alpha value is -2.71. The molecule has 2 fully saturated rings. The smallest absolute Gasteiger partial charge is 0.318 e. The zero-order valence-electron chi connectivity index (χ0n) is 20.5. The van der Waals surface area contributed by atoms with E-state index in [0.29, 0.717) is 18.5 Å². The van der Waals surface area contributed by atoms with Crippen LogP contribution in [0.5, 0.6) is 0 Å². The quantitative estimate of drug-likeness (QED) is 0.706. The average molecular weight is 465 g/mol. The van der Waals surface area contributed by atoms with Gasteiger partial charge in [0.2, 0.25) is 5.95 Å². The standard InChI is InChI=1S/C26H36N6O2/c1-18-5-4-6-19(13-18)15-31-10-7-21(16-31)29-25(33)32-17-23-22(26(32,2)3)14-27-24(30-23)28-20-8-11-34-12-9-20/h4-6,13-14,20-21H,7-12,15-17H2,1-3H3,(H,29,33)(H,27,28,30)/t21-/m1/s1. The highest BCUT2D eigenvalue weighted by atomic mass is 16.5. The summed E-state index contributed by atoms with van der Waals surface area (Å²) >= 11 is 0. The number of hydrogen-bond acceptors (Lipinski definition) is 6. The van der Waals surface area contributed by atoms with Crippen molar-refractivity contribution in [3.8, 4) is 0 Å². The Morgan fingerprint density at radius 3 is 2.82 bits per heavy atom. The molecule has 0 bridgehead atoms. The third kappa shape index (κ3) is 4.88. The fraction of sp³-hybridized carbons (Fsp3) is 0.577. The van der Waals surface area contributed by atoms with Gasteiger partial charge in [-0.05, 0) is 45.6 Å². The van der Waals surface area contributed by atoms with Crippen molar-refractivity contribution >= 4 is 12.0 Å². The Morgan fingerprint density at radius 2 is 2.03 bits per heavy atom. The normalized spacial score (nSPS) is 22.6. The highest BCUT2D eigenvalue weighted by Crippen LogP contribution is 2.38. The molecular weight excluding hydrogens is 428 g/mol. The molecule has 4 heterocycles. The maximum atomic E-state index is 13.3. The number of nitrogens with zero attached hydrogens (tertiary/aromatic N) is 4. The molecule has 34 heavy (non-hydrogen) atoms. The molecule has 0 unspecified atom stereocenters. The lowest BCUT2D eigenvalue weighted by Crippen LogP contribution is -2.49. The summed E-state index contributed by atoms with van der Waals surface area (Å²) in [4.78, 5) is 27.0. The van der Waals surface area contributed by atoms with Gasteiger partial charge in [-0.15, -0.1) is 0 Å². The number of rotatable bonds is 5. The summed E-state index contributed by atoms with van der Waals surface area (Å²) in [6.45, 7) is 11.1. The van der Waals surface area contributed by atoms with Crippen molar-refractivity contribution in [2.45, 2.75) is 70.7 Å². The summed E-state index contributed by atoms with van der Waals surface area (Å²) in [6.07, 6.45) is 4.78. The fourth-order valence-electron chi connectivity index (χ4n) is 5.38. The van der Waals surface area contributed by atoms with Crippen molar-refractivity contribution in [3.63, 3.8) is 0 Å². The van der Waals surface area contributed by atoms with E-state index in [1.165, 1.54) is 11.1 Å². The summed E-state index contributed by atoms with van der Waals surface area (Å²) in [6, 6.07) is 9.13. The molecule has 2 N–H and O–H groups in total. The lowest BCUT2D eigenvalue weighted by molar-refractivity contribution is 0.0903. The number of urea groups is 1. The van der Waals surface area contributed by atoms with E-state index in [0.717, 1.165) is 63.4 Å². The van der Waals surface area contributed by atoms with Crippen LogP contribution in [-0.4, -0.2) is 64.2 Å². The first-order valence-electron chi connectivity index (χ1n) is 12.5. The lowest BCUT2D eigenvalue weighted by atomic mass is 9.97. The van der Waals surface area contributed by atoms with E-state index in [4.69, 9.17) is 9.72 Å². The largest absolute Gasteiger partial charge is 0.381 e. The number of anilines is 1. The van der Waals surface area contributed by atoms with Gasteiger partial charge in [-0.3, -0.25) is 4.90 Å². The number of aryl methyl sites for hydroxylation is 1. The summed E-state index contributed by atoms with van der Waals surface area (Å²) in [5, 5.41) is 6.73. The summed E-state index contributed by atoms with van der Waals surface area (Å²) < 4.78 is 5.44. The molecule has 1 aromatic heterocycles. The number of benzene rings is 1. The highest BCUT2D eigenvalue weighted by molar-refractivity contribution is 5.76. The Bertz CT molecular complexity index is 1040. The van der Waals surface area contributed by atoms with Crippen molar-refractivity contribution in [2.24, 2.45) is 0 Å². The van der Waals surface area contributed by atoms with Crippen LogP contribution < -0.4 is 10.6 Å². The predicted octanol–water partition coefficient (Wildman–Crippen LogP) is 3.41. The number of carbonyl (C=O) groups is 1. The number of fused-ring (bicyclic) bond motifs is 1. The molecule has 0 radical (unpaired) electrons. The molecule has 2 aromatic rings. The molecular formula is C26H36N6O2. The Labute approximate surface area is 202 Å². The fourth-order valence-corrected chi connectivity index (χ4v) is 5.38. The second kappa shape index (κ2) is 9.50. The van der Waals surface area contributed by atoms with Crippen LogP contribution in [0.4, 0.5) is 10.7 Å². The van der Waals surface area contributed by atoms with Gasteiger partial charge in [0.1, 0.15) is 0 Å². The molecule has 3 aliphatic heterocycles. The number of likely N-dealkylation sites (tertiary alicyclic amines) is 1. The van der Waals surface area contributed by atoms with Gasteiger partial charge in [-0.25, -0.2) is 14.8 Å². The van der Waals surface area contributed by atoms with Crippen LogP contribution in [0.2, 0.25) is 0 Å². The van der Waals surface area contributed by atoms with Crippen molar-refractivity contribution in [1.82, 2.24) is 25.1 Å². The molecule has 1 atom stereocenters. The second-order valence-electron chi connectivity index (χ2n) is 10.4. The van der Waals surface area contributed by atoms with Gasteiger partial charge in [0.25, 0.3) is 0 Å². The molecule has 8 nitrogen and oxygen atoms in total. The molecule has 0 aliphatic carbocycles. The van der Waals surface area contributed by atoms with Gasteiger partial charge in [0, 0.05) is 56.7 Å². The monoisotopic (exact) mass is 464 g/mol. The number of carbonyl (C=O) groups excluding carboxylic acids is 1. The van der Waals surface area contributed by atoms with E-state index in [9.17, 15) is 4.79 Å². The van der Waals surface area contributed by atoms with E-state index in [-0.39, 0.29) is 12.1 Å². The van der Waals surface area contributed by atoms with Crippen molar-refractivity contribution in [3.05, 3.63) is 52.8 Å². The van der Waals surface area contributed by atoms with Gasteiger partial charge in [0.05, 0.1) is 17.8 Å². The molecule has 1 aromatic carbocycles. The van der Waals surface area contributed by atoms with Gasteiger partial charge < -0.3 is 20.3 Å². The zero-order chi connectivity index (χ0) is 23.7. The minimum absolute atomic E-state index is 0.0238. The third-order valence-corrected chi connectivity index (χ3v) is 7.40. The van der Waals surface area contributed by atoms with E-state index >= 15 is 0 Å². The number of nitrogens with one attached hydrogen (secondary N) is 2. The molecule has 3 aliphatic rings.